The first-order valence-corrected chi connectivity index (χ1v) is 8.16. The number of aliphatic carboxylic acids is 1. The lowest BCUT2D eigenvalue weighted by Gasteiger charge is -2.25. The molecule has 1 rings (SSSR count). The molecule has 0 fully saturated rings. The molecule has 3 N–H and O–H groups in total. The Morgan fingerprint density at radius 3 is 2.36 bits per heavy atom. The summed E-state index contributed by atoms with van der Waals surface area (Å²) in [5.74, 6) is -1.89. The van der Waals surface area contributed by atoms with E-state index in [-0.39, 0.29) is 18.9 Å². The number of benzene rings is 1. The summed E-state index contributed by atoms with van der Waals surface area (Å²) in [6.45, 7) is 3.56. The van der Waals surface area contributed by atoms with Crippen LogP contribution in [0.3, 0.4) is 0 Å². The van der Waals surface area contributed by atoms with Crippen molar-refractivity contribution < 1.29 is 23.9 Å². The number of halogens is 1. The summed E-state index contributed by atoms with van der Waals surface area (Å²) in [6, 6.07) is 4.36. The number of amides is 3. The van der Waals surface area contributed by atoms with Crippen LogP contribution in [-0.2, 0) is 16.1 Å². The van der Waals surface area contributed by atoms with Gasteiger partial charge in [-0.25, -0.2) is 9.18 Å². The smallest absolute Gasteiger partial charge is 0.323 e. The topological polar surface area (TPSA) is 98.7 Å². The predicted molar refractivity (Wildman–Crippen MR) is 90.4 cm³/mol. The average Bonchev–Trinajstić information content (AvgIpc) is 2.58. The molecular weight excluding hydrogens is 329 g/mol. The van der Waals surface area contributed by atoms with Crippen LogP contribution in [0.25, 0.3) is 0 Å². The largest absolute Gasteiger partial charge is 0.480 e. The minimum absolute atomic E-state index is 0.186. The van der Waals surface area contributed by atoms with Gasteiger partial charge in [0.15, 0.2) is 0 Å². The van der Waals surface area contributed by atoms with Crippen LogP contribution in [0.4, 0.5) is 9.18 Å². The molecule has 1 unspecified atom stereocenters. The van der Waals surface area contributed by atoms with Crippen molar-refractivity contribution in [2.24, 2.45) is 0 Å². The van der Waals surface area contributed by atoms with E-state index in [1.54, 1.807) is 19.1 Å². The second-order valence-corrected chi connectivity index (χ2v) is 5.54. The van der Waals surface area contributed by atoms with Crippen LogP contribution < -0.4 is 10.6 Å². The highest BCUT2D eigenvalue weighted by Crippen LogP contribution is 2.04. The van der Waals surface area contributed by atoms with Gasteiger partial charge in [0.05, 0.1) is 0 Å². The third-order valence-corrected chi connectivity index (χ3v) is 3.57. The number of carbonyl (C=O) groups excluding carboxylic acids is 2. The summed E-state index contributed by atoms with van der Waals surface area (Å²) in [6.07, 6.45) is 1.05. The highest BCUT2D eigenvalue weighted by atomic mass is 19.1. The molecule has 8 heteroatoms. The van der Waals surface area contributed by atoms with Crippen molar-refractivity contribution >= 4 is 17.9 Å². The zero-order chi connectivity index (χ0) is 18.8. The van der Waals surface area contributed by atoms with Crippen LogP contribution in [0.1, 0.15) is 32.3 Å². The van der Waals surface area contributed by atoms with E-state index in [4.69, 9.17) is 5.11 Å². The maximum absolute atomic E-state index is 12.8. The van der Waals surface area contributed by atoms with Crippen LogP contribution >= 0.6 is 0 Å². The van der Waals surface area contributed by atoms with Crippen molar-refractivity contribution in [3.05, 3.63) is 35.6 Å². The number of hydrogen-bond acceptors (Lipinski definition) is 3. The third-order valence-electron chi connectivity index (χ3n) is 3.57. The molecule has 0 aromatic heterocycles. The van der Waals surface area contributed by atoms with Gasteiger partial charge in [0.25, 0.3) is 0 Å². The first-order valence-electron chi connectivity index (χ1n) is 8.16. The van der Waals surface area contributed by atoms with Gasteiger partial charge in [-0.15, -0.1) is 0 Å². The predicted octanol–water partition coefficient (Wildman–Crippen LogP) is 1.73. The van der Waals surface area contributed by atoms with Gasteiger partial charge in [-0.1, -0.05) is 25.5 Å². The lowest BCUT2D eigenvalue weighted by atomic mass is 10.1. The van der Waals surface area contributed by atoms with E-state index in [1.807, 2.05) is 6.92 Å². The SMILES string of the molecule is CCCC(NC(=O)NCc1ccc(F)cc1)C(=O)N(CC)CC(=O)O. The third kappa shape index (κ3) is 7.19. The summed E-state index contributed by atoms with van der Waals surface area (Å²) in [5, 5.41) is 14.0. The molecule has 1 aromatic carbocycles. The van der Waals surface area contributed by atoms with Gasteiger partial charge < -0.3 is 20.6 Å². The molecule has 25 heavy (non-hydrogen) atoms. The number of urea groups is 1. The first-order chi connectivity index (χ1) is 11.9. The molecule has 0 spiro atoms. The number of nitrogens with zero attached hydrogens (tertiary/aromatic N) is 1. The van der Waals surface area contributed by atoms with Crippen molar-refractivity contribution in [3.8, 4) is 0 Å². The normalized spacial score (nSPS) is 11.5. The fraction of sp³-hybridized carbons (Fsp3) is 0.471. The van der Waals surface area contributed by atoms with Crippen LogP contribution in [0, 0.1) is 5.82 Å². The number of carboxylic acid groups (broad SMARTS) is 1. The number of rotatable bonds is 9. The number of carbonyl (C=O) groups is 3. The lowest BCUT2D eigenvalue weighted by molar-refractivity contribution is -0.145. The Balaban J connectivity index is 2.62. The van der Waals surface area contributed by atoms with E-state index in [0.29, 0.717) is 12.8 Å². The Morgan fingerprint density at radius 1 is 1.20 bits per heavy atom. The fourth-order valence-corrected chi connectivity index (χ4v) is 2.27. The van der Waals surface area contributed by atoms with Gasteiger partial charge in [0.2, 0.25) is 5.91 Å². The van der Waals surface area contributed by atoms with E-state index >= 15 is 0 Å². The molecule has 0 saturated carbocycles. The van der Waals surface area contributed by atoms with E-state index < -0.39 is 30.5 Å². The van der Waals surface area contributed by atoms with E-state index in [2.05, 4.69) is 10.6 Å². The molecule has 1 atom stereocenters. The van der Waals surface area contributed by atoms with Crippen molar-refractivity contribution in [2.45, 2.75) is 39.3 Å². The fourth-order valence-electron chi connectivity index (χ4n) is 2.27. The summed E-state index contributed by atoms with van der Waals surface area (Å²) in [5.41, 5.74) is 0.718. The highest BCUT2D eigenvalue weighted by molar-refractivity contribution is 5.89. The minimum atomic E-state index is -1.11. The van der Waals surface area contributed by atoms with Crippen LogP contribution in [-0.4, -0.2) is 47.0 Å². The molecule has 7 nitrogen and oxygen atoms in total. The number of hydrogen-bond donors (Lipinski definition) is 3. The van der Waals surface area contributed by atoms with Gasteiger partial charge in [-0.3, -0.25) is 9.59 Å². The molecule has 3 amide bonds. The molecule has 0 heterocycles. The zero-order valence-corrected chi connectivity index (χ0v) is 14.4. The second kappa shape index (κ2) is 10.3. The molecule has 0 aliphatic rings. The van der Waals surface area contributed by atoms with E-state index in [9.17, 15) is 18.8 Å². The summed E-state index contributed by atoms with van der Waals surface area (Å²) in [4.78, 5) is 36.5. The van der Waals surface area contributed by atoms with Crippen molar-refractivity contribution in [1.82, 2.24) is 15.5 Å². The van der Waals surface area contributed by atoms with E-state index in [0.717, 1.165) is 5.56 Å². The van der Waals surface area contributed by atoms with Crippen molar-refractivity contribution in [1.29, 1.82) is 0 Å². The standard InChI is InChI=1S/C17H24FN3O4/c1-3-5-14(16(24)21(4-2)11-15(22)23)20-17(25)19-10-12-6-8-13(18)9-7-12/h6-9,14H,3-5,10-11H2,1-2H3,(H,22,23)(H2,19,20,25). The van der Waals surface area contributed by atoms with E-state index in [1.165, 1.54) is 17.0 Å². The van der Waals surface area contributed by atoms with Crippen LogP contribution in [0.15, 0.2) is 24.3 Å². The summed E-state index contributed by atoms with van der Waals surface area (Å²) >= 11 is 0. The Labute approximate surface area is 146 Å². The molecule has 0 radical (unpaired) electrons. The van der Waals surface area contributed by atoms with Crippen LogP contribution in [0.2, 0.25) is 0 Å². The molecular formula is C17H24FN3O4. The maximum Gasteiger partial charge on any atom is 0.323 e. The molecule has 0 bridgehead atoms. The average molecular weight is 353 g/mol. The Morgan fingerprint density at radius 2 is 1.84 bits per heavy atom. The number of carboxylic acids is 1. The minimum Gasteiger partial charge on any atom is -0.480 e. The summed E-state index contributed by atoms with van der Waals surface area (Å²) < 4.78 is 12.8. The Bertz CT molecular complexity index is 592. The monoisotopic (exact) mass is 353 g/mol. The molecule has 138 valence electrons. The molecule has 0 saturated heterocycles. The Kier molecular flexibility index (Phi) is 8.38. The van der Waals surface area contributed by atoms with Gasteiger partial charge >= 0.3 is 12.0 Å². The highest BCUT2D eigenvalue weighted by Gasteiger charge is 2.25. The number of nitrogens with one attached hydrogen (secondary N) is 2. The molecule has 1 aromatic rings. The summed E-state index contributed by atoms with van der Waals surface area (Å²) in [7, 11) is 0. The van der Waals surface area contributed by atoms with Gasteiger partial charge in [0.1, 0.15) is 18.4 Å². The van der Waals surface area contributed by atoms with Crippen molar-refractivity contribution in [2.75, 3.05) is 13.1 Å². The zero-order valence-electron chi connectivity index (χ0n) is 14.4. The van der Waals surface area contributed by atoms with Crippen molar-refractivity contribution in [3.63, 3.8) is 0 Å². The quantitative estimate of drug-likeness (QED) is 0.629. The second-order valence-electron chi connectivity index (χ2n) is 5.54. The van der Waals surface area contributed by atoms with Gasteiger partial charge in [-0.05, 0) is 31.0 Å². The maximum atomic E-state index is 12.8. The molecule has 0 aliphatic carbocycles. The lowest BCUT2D eigenvalue weighted by Crippen LogP contribution is -2.52. The van der Waals surface area contributed by atoms with Gasteiger partial charge in [0, 0.05) is 13.1 Å². The molecule has 0 aliphatic heterocycles. The van der Waals surface area contributed by atoms with Gasteiger partial charge in [-0.2, -0.15) is 0 Å². The first kappa shape index (κ1) is 20.4. The number of likely N-dealkylation sites (N-methyl/N-ethyl adjacent to an activating group) is 1. The van der Waals surface area contributed by atoms with Crippen LogP contribution in [0.5, 0.6) is 0 Å². The Hall–Kier alpha value is -2.64.